The molecule has 2 heterocycles. The van der Waals surface area contributed by atoms with Crippen LogP contribution in [0.25, 0.3) is 0 Å². The van der Waals surface area contributed by atoms with Crippen molar-refractivity contribution in [2.45, 2.75) is 24.1 Å². The molecule has 1 aliphatic rings. The van der Waals surface area contributed by atoms with Crippen LogP contribution < -0.4 is 11.4 Å². The Balaban J connectivity index is 2.26. The van der Waals surface area contributed by atoms with Crippen LogP contribution >= 0.6 is 23.5 Å². The van der Waals surface area contributed by atoms with Crippen molar-refractivity contribution >= 4 is 23.5 Å². The van der Waals surface area contributed by atoms with Crippen LogP contribution in [-0.2, 0) is 31.6 Å². The van der Waals surface area contributed by atoms with Crippen molar-refractivity contribution in [1.29, 1.82) is 0 Å². The molecule has 186 valence electrons. The standard InChI is InChI=1S/C11H14F2N3O14P3/c12-3-1-2-11(13)7(17)6(28-8(11)16-5-14-9(18)15-10(16)19)4-27-32(23,24)30-33(25,26)29-31(20,21)22/h5-8,17H,3-4H2,(H,23,24)(H,25,26)(H,15,18,19)(H2,20,21,22)/t6-,7+,8-,11?/m1/s1. The molecule has 1 aromatic heterocycles. The number of phosphoric ester groups is 1. The number of nitrogens with one attached hydrogen (secondary N) is 1. The summed E-state index contributed by atoms with van der Waals surface area (Å²) in [4.78, 5) is 63.3. The lowest BCUT2D eigenvalue weighted by atomic mass is 9.96. The van der Waals surface area contributed by atoms with Crippen molar-refractivity contribution in [2.24, 2.45) is 0 Å². The lowest BCUT2D eigenvalue weighted by Gasteiger charge is -2.23. The van der Waals surface area contributed by atoms with Gasteiger partial charge in [-0.3, -0.25) is 14.1 Å². The Kier molecular flexibility index (Phi) is 8.30. The van der Waals surface area contributed by atoms with E-state index in [1.54, 1.807) is 16.8 Å². The first-order valence-electron chi connectivity index (χ1n) is 8.04. The highest BCUT2D eigenvalue weighted by atomic mass is 31.3. The zero-order valence-electron chi connectivity index (χ0n) is 15.6. The van der Waals surface area contributed by atoms with Crippen LogP contribution in [0.2, 0.25) is 0 Å². The third-order valence-corrected chi connectivity index (χ3v) is 7.41. The maximum absolute atomic E-state index is 15.4. The third-order valence-electron chi connectivity index (χ3n) is 3.61. The highest BCUT2D eigenvalue weighted by Gasteiger charge is 2.58. The van der Waals surface area contributed by atoms with E-state index in [0.29, 0.717) is 10.9 Å². The maximum Gasteiger partial charge on any atom is 0.490 e. The van der Waals surface area contributed by atoms with Gasteiger partial charge in [0, 0.05) is 0 Å². The van der Waals surface area contributed by atoms with Crippen LogP contribution in [0.3, 0.4) is 0 Å². The SMILES string of the molecule is O=c1ncn([C@@H]2O[C@H](COP(=O)(O)OP(=O)(O)OP(=O)(O)O)[C@H](O)C2(F)C#CCF)c(=O)[nH]1. The number of nitrogens with zero attached hydrogens (tertiary/aromatic N) is 2. The second-order valence-corrected chi connectivity index (χ2v) is 10.4. The predicted octanol–water partition coefficient (Wildman–Crippen LogP) is -1.79. The number of alkyl halides is 2. The molecule has 0 saturated carbocycles. The average Bonchev–Trinajstić information content (AvgIpc) is 2.87. The van der Waals surface area contributed by atoms with E-state index in [9.17, 15) is 37.7 Å². The van der Waals surface area contributed by atoms with Gasteiger partial charge in [0.15, 0.2) is 6.23 Å². The summed E-state index contributed by atoms with van der Waals surface area (Å²) in [5, 5.41) is 10.2. The first-order valence-corrected chi connectivity index (χ1v) is 12.6. The van der Waals surface area contributed by atoms with E-state index in [4.69, 9.17) is 19.4 Å². The normalized spacial score (nSPS) is 29.0. The van der Waals surface area contributed by atoms with E-state index >= 15 is 4.39 Å². The number of rotatable bonds is 8. The largest absolute Gasteiger partial charge is 0.490 e. The summed E-state index contributed by atoms with van der Waals surface area (Å²) >= 11 is 0. The number of halogens is 2. The second kappa shape index (κ2) is 9.92. The lowest BCUT2D eigenvalue weighted by Crippen LogP contribution is -2.45. The first kappa shape index (κ1) is 27.6. The molecule has 0 aliphatic carbocycles. The van der Waals surface area contributed by atoms with Gasteiger partial charge in [-0.25, -0.2) is 32.1 Å². The van der Waals surface area contributed by atoms with E-state index in [-0.39, 0.29) is 0 Å². The summed E-state index contributed by atoms with van der Waals surface area (Å²) in [6.45, 7) is -2.70. The van der Waals surface area contributed by atoms with E-state index in [0.717, 1.165) is 0 Å². The summed E-state index contributed by atoms with van der Waals surface area (Å²) in [5.41, 5.74) is -5.68. The van der Waals surface area contributed by atoms with Crippen LogP contribution in [0, 0.1) is 11.8 Å². The molecule has 0 bridgehead atoms. The summed E-state index contributed by atoms with van der Waals surface area (Å²) in [5.74, 6) is 3.35. The van der Waals surface area contributed by atoms with E-state index in [2.05, 4.69) is 18.1 Å². The third kappa shape index (κ3) is 7.17. The Hall–Kier alpha value is -1.64. The number of hydrogen-bond donors (Lipinski definition) is 6. The Morgan fingerprint density at radius 1 is 1.21 bits per heavy atom. The van der Waals surface area contributed by atoms with Gasteiger partial charge in [0.05, 0.1) is 6.61 Å². The van der Waals surface area contributed by atoms with Crippen LogP contribution in [0.5, 0.6) is 0 Å². The summed E-state index contributed by atoms with van der Waals surface area (Å²) < 4.78 is 78.2. The number of phosphoric acid groups is 3. The molecule has 1 aromatic rings. The van der Waals surface area contributed by atoms with Crippen molar-refractivity contribution in [3.05, 3.63) is 27.3 Å². The van der Waals surface area contributed by atoms with Gasteiger partial charge in [0.25, 0.3) is 0 Å². The topological polar surface area (TPSA) is 257 Å². The molecular weight excluding hydrogens is 529 g/mol. The van der Waals surface area contributed by atoms with Crippen LogP contribution in [0.15, 0.2) is 15.9 Å². The first-order chi connectivity index (χ1) is 15.0. The fourth-order valence-corrected chi connectivity index (χ4v) is 5.48. The summed E-state index contributed by atoms with van der Waals surface area (Å²) in [6, 6.07) is 0. The maximum atomic E-state index is 15.4. The summed E-state index contributed by atoms with van der Waals surface area (Å²) in [6.07, 6.45) is -6.07. The van der Waals surface area contributed by atoms with E-state index in [1.807, 2.05) is 0 Å². The van der Waals surface area contributed by atoms with Crippen molar-refractivity contribution in [1.82, 2.24) is 14.5 Å². The van der Waals surface area contributed by atoms with Crippen molar-refractivity contribution < 1.29 is 65.0 Å². The van der Waals surface area contributed by atoms with Gasteiger partial charge >= 0.3 is 34.8 Å². The zero-order chi connectivity index (χ0) is 25.2. The molecule has 6 atom stereocenters. The molecule has 33 heavy (non-hydrogen) atoms. The van der Waals surface area contributed by atoms with Crippen molar-refractivity contribution in [3.63, 3.8) is 0 Å². The highest BCUT2D eigenvalue weighted by molar-refractivity contribution is 7.66. The van der Waals surface area contributed by atoms with Gasteiger partial charge < -0.3 is 29.4 Å². The Labute approximate surface area is 180 Å². The quantitative estimate of drug-likeness (QED) is 0.156. The molecule has 22 heteroatoms. The molecule has 0 amide bonds. The molecule has 17 nitrogen and oxygen atoms in total. The number of aromatic nitrogens is 3. The van der Waals surface area contributed by atoms with Crippen molar-refractivity contribution in [3.8, 4) is 11.8 Å². The minimum atomic E-state index is -5.85. The molecule has 2 rings (SSSR count). The van der Waals surface area contributed by atoms with E-state index < -0.39 is 72.2 Å². The minimum absolute atomic E-state index is 0.322. The molecule has 0 aromatic carbocycles. The van der Waals surface area contributed by atoms with Gasteiger partial charge in [-0.1, -0.05) is 11.8 Å². The smallest absolute Gasteiger partial charge is 0.386 e. The average molecular weight is 543 g/mol. The zero-order valence-corrected chi connectivity index (χ0v) is 18.3. The van der Waals surface area contributed by atoms with Crippen molar-refractivity contribution in [2.75, 3.05) is 13.3 Å². The molecule has 1 fully saturated rings. The molecule has 0 spiro atoms. The molecule has 3 unspecified atom stereocenters. The molecule has 1 aliphatic heterocycles. The number of aliphatic hydroxyl groups is 1. The molecule has 0 radical (unpaired) electrons. The lowest BCUT2D eigenvalue weighted by molar-refractivity contribution is -0.0540. The number of aliphatic hydroxyl groups excluding tert-OH is 1. The van der Waals surface area contributed by atoms with Gasteiger partial charge in [0.2, 0.25) is 5.67 Å². The minimum Gasteiger partial charge on any atom is -0.386 e. The number of ether oxygens (including phenoxy) is 1. The Bertz CT molecular complexity index is 1200. The van der Waals surface area contributed by atoms with Gasteiger partial charge in [-0.15, -0.1) is 0 Å². The molecular formula is C11H14F2N3O14P3. The predicted molar refractivity (Wildman–Crippen MR) is 96.4 cm³/mol. The fourth-order valence-electron chi connectivity index (χ4n) is 2.45. The molecule has 6 N–H and O–H groups in total. The van der Waals surface area contributed by atoms with Crippen LogP contribution in [0.1, 0.15) is 6.23 Å². The molecule has 1 saturated heterocycles. The highest BCUT2D eigenvalue weighted by Crippen LogP contribution is 2.66. The van der Waals surface area contributed by atoms with Crippen LogP contribution in [-0.4, -0.2) is 70.4 Å². The van der Waals surface area contributed by atoms with Crippen LogP contribution in [0.4, 0.5) is 8.78 Å². The second-order valence-electron chi connectivity index (χ2n) is 5.95. The van der Waals surface area contributed by atoms with Gasteiger partial charge in [-0.2, -0.15) is 13.6 Å². The number of H-pyrrole nitrogens is 1. The monoisotopic (exact) mass is 543 g/mol. The summed E-state index contributed by atoms with van der Waals surface area (Å²) in [7, 11) is -17.2. The fraction of sp³-hybridized carbons (Fsp3) is 0.545. The Morgan fingerprint density at radius 2 is 1.85 bits per heavy atom. The number of hydrogen-bond acceptors (Lipinski definition) is 11. The van der Waals surface area contributed by atoms with Gasteiger partial charge in [-0.05, 0) is 0 Å². The Morgan fingerprint density at radius 3 is 2.39 bits per heavy atom. The van der Waals surface area contributed by atoms with E-state index in [1.165, 1.54) is 0 Å². The number of aromatic amines is 1. The van der Waals surface area contributed by atoms with Gasteiger partial charge in [0.1, 0.15) is 25.2 Å².